The number of nitrogens with zero attached hydrogens (tertiary/aromatic N) is 2. The summed E-state index contributed by atoms with van der Waals surface area (Å²) in [6.07, 6.45) is 1.12. The van der Waals surface area contributed by atoms with E-state index in [1.165, 1.54) is 11.5 Å². The van der Waals surface area contributed by atoms with Crippen LogP contribution in [0.1, 0.15) is 39.9 Å². The van der Waals surface area contributed by atoms with E-state index in [-0.39, 0.29) is 5.41 Å². The predicted octanol–water partition coefficient (Wildman–Crippen LogP) is 2.66. The van der Waals surface area contributed by atoms with Crippen LogP contribution in [0.2, 0.25) is 0 Å². The first-order chi connectivity index (χ1) is 6.04. The quantitative estimate of drug-likeness (QED) is 0.813. The van der Waals surface area contributed by atoms with E-state index in [1.807, 2.05) is 0 Å². The normalized spacial score (nSPS) is 11.7. The molecule has 0 radical (unpaired) electrons. The minimum absolute atomic E-state index is 0.0582. The fourth-order valence-electron chi connectivity index (χ4n) is 0.832. The SMILES string of the molecule is CCCNc1nc(C(C)(C)C)ns1. The number of hydrogen-bond donors (Lipinski definition) is 1. The largest absolute Gasteiger partial charge is 0.360 e. The van der Waals surface area contributed by atoms with E-state index in [0.717, 1.165) is 23.9 Å². The molecule has 0 saturated carbocycles. The van der Waals surface area contributed by atoms with E-state index >= 15 is 0 Å². The topological polar surface area (TPSA) is 37.8 Å². The van der Waals surface area contributed by atoms with Crippen molar-refractivity contribution in [3.8, 4) is 0 Å². The molecule has 0 spiro atoms. The van der Waals surface area contributed by atoms with Gasteiger partial charge in [-0.05, 0) is 6.42 Å². The molecule has 0 aliphatic rings. The summed E-state index contributed by atoms with van der Waals surface area (Å²) in [6.45, 7) is 9.48. The molecule has 1 aromatic rings. The Kier molecular flexibility index (Phi) is 3.25. The molecule has 1 heterocycles. The van der Waals surface area contributed by atoms with Crippen molar-refractivity contribution in [3.63, 3.8) is 0 Å². The Morgan fingerprint density at radius 3 is 2.54 bits per heavy atom. The van der Waals surface area contributed by atoms with Gasteiger partial charge in [0.2, 0.25) is 5.13 Å². The van der Waals surface area contributed by atoms with Crippen molar-refractivity contribution in [1.29, 1.82) is 0 Å². The fourth-order valence-corrected chi connectivity index (χ4v) is 1.61. The molecular formula is C9H17N3S. The summed E-state index contributed by atoms with van der Waals surface area (Å²) in [6, 6.07) is 0. The lowest BCUT2D eigenvalue weighted by atomic mass is 9.96. The minimum atomic E-state index is 0.0582. The molecular weight excluding hydrogens is 182 g/mol. The molecule has 0 bridgehead atoms. The summed E-state index contributed by atoms with van der Waals surface area (Å²) >= 11 is 1.44. The summed E-state index contributed by atoms with van der Waals surface area (Å²) < 4.78 is 4.31. The highest BCUT2D eigenvalue weighted by Crippen LogP contribution is 2.22. The maximum absolute atomic E-state index is 4.42. The summed E-state index contributed by atoms with van der Waals surface area (Å²) in [5.74, 6) is 0.927. The number of anilines is 1. The molecule has 4 heteroatoms. The van der Waals surface area contributed by atoms with Gasteiger partial charge in [-0.2, -0.15) is 4.37 Å². The van der Waals surface area contributed by atoms with Crippen molar-refractivity contribution in [1.82, 2.24) is 9.36 Å². The predicted molar refractivity (Wildman–Crippen MR) is 57.4 cm³/mol. The van der Waals surface area contributed by atoms with E-state index in [4.69, 9.17) is 0 Å². The second kappa shape index (κ2) is 4.05. The van der Waals surface area contributed by atoms with Crippen LogP contribution in [0.5, 0.6) is 0 Å². The Hall–Kier alpha value is -0.640. The van der Waals surface area contributed by atoms with Crippen molar-refractivity contribution < 1.29 is 0 Å². The number of rotatable bonds is 3. The molecule has 0 amide bonds. The van der Waals surface area contributed by atoms with Crippen molar-refractivity contribution in [2.75, 3.05) is 11.9 Å². The molecule has 0 aliphatic heterocycles. The summed E-state index contributed by atoms with van der Waals surface area (Å²) in [4.78, 5) is 4.42. The molecule has 0 aromatic carbocycles. The van der Waals surface area contributed by atoms with Crippen LogP contribution in [0.25, 0.3) is 0 Å². The zero-order valence-electron chi connectivity index (χ0n) is 8.72. The molecule has 0 atom stereocenters. The molecule has 74 valence electrons. The van der Waals surface area contributed by atoms with E-state index in [1.54, 1.807) is 0 Å². The second-order valence-corrected chi connectivity index (χ2v) is 4.85. The lowest BCUT2D eigenvalue weighted by molar-refractivity contribution is 0.555. The third-order valence-corrected chi connectivity index (χ3v) is 2.30. The molecule has 1 aromatic heterocycles. The van der Waals surface area contributed by atoms with E-state index in [2.05, 4.69) is 42.4 Å². The highest BCUT2D eigenvalue weighted by Gasteiger charge is 2.19. The smallest absolute Gasteiger partial charge is 0.202 e. The Balaban J connectivity index is 2.64. The van der Waals surface area contributed by atoms with Crippen LogP contribution in [0.3, 0.4) is 0 Å². The highest BCUT2D eigenvalue weighted by molar-refractivity contribution is 7.09. The average Bonchev–Trinajstić information content (AvgIpc) is 2.47. The monoisotopic (exact) mass is 199 g/mol. The number of nitrogens with one attached hydrogen (secondary N) is 1. The van der Waals surface area contributed by atoms with Gasteiger partial charge in [0, 0.05) is 23.5 Å². The first kappa shape index (κ1) is 10.4. The fraction of sp³-hybridized carbons (Fsp3) is 0.778. The molecule has 1 rings (SSSR count). The van der Waals surface area contributed by atoms with Gasteiger partial charge in [0.25, 0.3) is 0 Å². The Morgan fingerprint density at radius 2 is 2.08 bits per heavy atom. The zero-order chi connectivity index (χ0) is 9.90. The van der Waals surface area contributed by atoms with Gasteiger partial charge in [-0.3, -0.25) is 0 Å². The van der Waals surface area contributed by atoms with Gasteiger partial charge in [0.05, 0.1) is 0 Å². The van der Waals surface area contributed by atoms with E-state index in [0.29, 0.717) is 0 Å². The van der Waals surface area contributed by atoms with Crippen LogP contribution in [0.15, 0.2) is 0 Å². The first-order valence-corrected chi connectivity index (χ1v) is 5.39. The van der Waals surface area contributed by atoms with Crippen molar-refractivity contribution in [2.45, 2.75) is 39.5 Å². The van der Waals surface area contributed by atoms with Crippen molar-refractivity contribution in [3.05, 3.63) is 5.82 Å². The van der Waals surface area contributed by atoms with Gasteiger partial charge in [-0.1, -0.05) is 27.7 Å². The maximum Gasteiger partial charge on any atom is 0.202 e. The maximum atomic E-state index is 4.42. The number of hydrogen-bond acceptors (Lipinski definition) is 4. The van der Waals surface area contributed by atoms with E-state index in [9.17, 15) is 0 Å². The van der Waals surface area contributed by atoms with Crippen LogP contribution in [-0.2, 0) is 5.41 Å². The van der Waals surface area contributed by atoms with Gasteiger partial charge in [0.1, 0.15) is 5.82 Å². The molecule has 3 nitrogen and oxygen atoms in total. The second-order valence-electron chi connectivity index (χ2n) is 4.10. The summed E-state index contributed by atoms with van der Waals surface area (Å²) in [7, 11) is 0. The molecule has 0 unspecified atom stereocenters. The first-order valence-electron chi connectivity index (χ1n) is 4.62. The van der Waals surface area contributed by atoms with Crippen LogP contribution < -0.4 is 5.32 Å². The third-order valence-electron chi connectivity index (χ3n) is 1.62. The minimum Gasteiger partial charge on any atom is -0.360 e. The van der Waals surface area contributed by atoms with Crippen molar-refractivity contribution in [2.24, 2.45) is 0 Å². The lowest BCUT2D eigenvalue weighted by Gasteiger charge is -2.12. The van der Waals surface area contributed by atoms with Gasteiger partial charge in [-0.25, -0.2) is 4.98 Å². The van der Waals surface area contributed by atoms with Gasteiger partial charge < -0.3 is 5.32 Å². The Bertz CT molecular complexity index is 262. The standard InChI is InChI=1S/C9H17N3S/c1-5-6-10-8-11-7(12-13-8)9(2,3)4/h5-6H2,1-4H3,(H,10,11,12). The molecule has 0 fully saturated rings. The molecule has 0 saturated heterocycles. The van der Waals surface area contributed by atoms with Crippen molar-refractivity contribution >= 4 is 16.7 Å². The Morgan fingerprint density at radius 1 is 1.38 bits per heavy atom. The van der Waals surface area contributed by atoms with Crippen LogP contribution >= 0.6 is 11.5 Å². The highest BCUT2D eigenvalue weighted by atomic mass is 32.1. The van der Waals surface area contributed by atoms with E-state index < -0.39 is 0 Å². The zero-order valence-corrected chi connectivity index (χ0v) is 9.53. The average molecular weight is 199 g/mol. The third kappa shape index (κ3) is 2.95. The molecule has 1 N–H and O–H groups in total. The van der Waals surface area contributed by atoms with Crippen LogP contribution in [-0.4, -0.2) is 15.9 Å². The lowest BCUT2D eigenvalue weighted by Crippen LogP contribution is -2.13. The number of aromatic nitrogens is 2. The molecule has 13 heavy (non-hydrogen) atoms. The van der Waals surface area contributed by atoms with Gasteiger partial charge in [-0.15, -0.1) is 0 Å². The molecule has 0 aliphatic carbocycles. The van der Waals surface area contributed by atoms with Crippen LogP contribution in [0.4, 0.5) is 5.13 Å². The van der Waals surface area contributed by atoms with Crippen LogP contribution in [0, 0.1) is 0 Å². The van der Waals surface area contributed by atoms with Gasteiger partial charge in [0.15, 0.2) is 0 Å². The Labute approximate surface area is 83.8 Å². The summed E-state index contributed by atoms with van der Waals surface area (Å²) in [5.41, 5.74) is 0.0582. The summed E-state index contributed by atoms with van der Waals surface area (Å²) in [5, 5.41) is 4.17. The van der Waals surface area contributed by atoms with Gasteiger partial charge >= 0.3 is 0 Å².